The number of rotatable bonds is 10. The zero-order chi connectivity index (χ0) is 42.4. The van der Waals surface area contributed by atoms with Crippen LogP contribution in [0.4, 0.5) is 11.4 Å². The molecule has 0 unspecified atom stereocenters. The molecule has 2 aliphatic rings. The van der Waals surface area contributed by atoms with E-state index in [0.717, 1.165) is 53.3 Å². The minimum atomic E-state index is -2.12. The molecule has 1 N–H and O–H groups in total. The Bertz CT molecular complexity index is 2450. The zero-order valence-corrected chi connectivity index (χ0v) is 37.3. The van der Waals surface area contributed by atoms with Crippen LogP contribution in [0.2, 0.25) is 18.1 Å². The predicted octanol–water partition coefficient (Wildman–Crippen LogP) is 9.22. The summed E-state index contributed by atoms with van der Waals surface area (Å²) in [7, 11) is 1.48. The van der Waals surface area contributed by atoms with Gasteiger partial charge in [0.25, 0.3) is 11.8 Å². The first kappa shape index (κ1) is 41.7. The first-order chi connectivity index (χ1) is 28.0. The fraction of sp³-hybridized carbons (Fsp3) is 0.396. The average Bonchev–Trinajstić information content (AvgIpc) is 3.69. The molecule has 11 heteroatoms. The van der Waals surface area contributed by atoms with E-state index in [0.29, 0.717) is 54.4 Å². The Morgan fingerprint density at radius 2 is 1.66 bits per heavy atom. The van der Waals surface area contributed by atoms with E-state index in [1.54, 1.807) is 18.1 Å². The molecule has 5 aromatic rings. The van der Waals surface area contributed by atoms with Gasteiger partial charge in [-0.15, -0.1) is 0 Å². The van der Waals surface area contributed by atoms with Crippen LogP contribution in [0, 0.1) is 25.2 Å². The summed E-state index contributed by atoms with van der Waals surface area (Å²) in [4.78, 5) is 33.9. The van der Waals surface area contributed by atoms with Crippen LogP contribution in [-0.4, -0.2) is 60.5 Å². The second-order valence-electron chi connectivity index (χ2n) is 17.7. The van der Waals surface area contributed by atoms with E-state index in [2.05, 4.69) is 82.5 Å². The maximum atomic E-state index is 15.3. The SMILES string of the molecule is COCCn1c(C#N)cc(N(C(=O)c2cc(-c3cc4c(cc3C(=O)N3Cc5ccccc5C[C@H]3C)CNCC4)n(C)c2C)c2ccc(O[Si](C)(C)C(C)(C)C)cc2)c1C. The number of methoxy groups -OCH3 is 1. The van der Waals surface area contributed by atoms with Gasteiger partial charge in [0, 0.05) is 73.7 Å². The van der Waals surface area contributed by atoms with E-state index in [4.69, 9.17) is 9.16 Å². The Labute approximate surface area is 350 Å². The molecule has 0 saturated heterocycles. The van der Waals surface area contributed by atoms with Crippen molar-refractivity contribution < 1.29 is 18.8 Å². The van der Waals surface area contributed by atoms with Crippen molar-refractivity contribution in [1.29, 1.82) is 5.26 Å². The lowest BCUT2D eigenvalue weighted by Gasteiger charge is -2.36. The molecule has 3 aromatic carbocycles. The van der Waals surface area contributed by atoms with Gasteiger partial charge in [0.2, 0.25) is 8.32 Å². The number of fused-ring (bicyclic) bond motifs is 2. The molecular formula is C48H58N6O4Si. The van der Waals surface area contributed by atoms with Gasteiger partial charge in [-0.3, -0.25) is 14.5 Å². The van der Waals surface area contributed by atoms with Gasteiger partial charge in [-0.05, 0) is 129 Å². The molecule has 0 fully saturated rings. The molecule has 1 atom stereocenters. The maximum Gasteiger partial charge on any atom is 0.264 e. The minimum Gasteiger partial charge on any atom is -0.544 e. The van der Waals surface area contributed by atoms with Crippen LogP contribution in [-0.2, 0) is 44.3 Å². The summed E-state index contributed by atoms with van der Waals surface area (Å²) in [5.74, 6) is 0.500. The molecule has 2 amide bonds. The first-order valence-corrected chi connectivity index (χ1v) is 23.6. The van der Waals surface area contributed by atoms with E-state index < -0.39 is 8.32 Å². The van der Waals surface area contributed by atoms with Crippen LogP contribution in [0.15, 0.2) is 72.8 Å². The Kier molecular flexibility index (Phi) is 11.5. The number of hydrogen-bond acceptors (Lipinski definition) is 6. The lowest BCUT2D eigenvalue weighted by atomic mass is 9.90. The van der Waals surface area contributed by atoms with Crippen LogP contribution >= 0.6 is 0 Å². The summed E-state index contributed by atoms with van der Waals surface area (Å²) < 4.78 is 15.9. The van der Waals surface area contributed by atoms with Crippen molar-refractivity contribution >= 4 is 31.5 Å². The quantitative estimate of drug-likeness (QED) is 0.141. The highest BCUT2D eigenvalue weighted by Crippen LogP contribution is 2.40. The Morgan fingerprint density at radius 3 is 2.34 bits per heavy atom. The molecular weight excluding hydrogens is 753 g/mol. The van der Waals surface area contributed by atoms with Crippen molar-refractivity contribution in [3.05, 3.63) is 123 Å². The van der Waals surface area contributed by atoms with Crippen molar-refractivity contribution in [2.45, 2.75) is 98.2 Å². The summed E-state index contributed by atoms with van der Waals surface area (Å²) in [6, 6.07) is 26.4. The van der Waals surface area contributed by atoms with E-state index in [-0.39, 0.29) is 22.9 Å². The molecule has 10 nitrogen and oxygen atoms in total. The number of hydrogen-bond donors (Lipinski definition) is 1. The van der Waals surface area contributed by atoms with Crippen LogP contribution in [0.3, 0.4) is 0 Å². The number of anilines is 2. The van der Waals surface area contributed by atoms with Crippen molar-refractivity contribution in [3.8, 4) is 23.1 Å². The Hall–Kier alpha value is -5.41. The van der Waals surface area contributed by atoms with Gasteiger partial charge in [0.05, 0.1) is 17.9 Å². The number of carbonyl (C=O) groups excluding carboxylic acids is 2. The van der Waals surface area contributed by atoms with E-state index in [1.807, 2.05) is 71.3 Å². The summed E-state index contributed by atoms with van der Waals surface area (Å²) in [5.41, 5.74) is 10.8. The van der Waals surface area contributed by atoms with Gasteiger partial charge in [-0.25, -0.2) is 0 Å². The molecule has 0 spiro atoms. The number of ether oxygens (including phenoxy) is 1. The van der Waals surface area contributed by atoms with E-state index >= 15 is 4.79 Å². The molecule has 0 radical (unpaired) electrons. The fourth-order valence-electron chi connectivity index (χ4n) is 8.22. The van der Waals surface area contributed by atoms with Crippen molar-refractivity contribution in [1.82, 2.24) is 19.4 Å². The van der Waals surface area contributed by atoms with Gasteiger partial charge in [0.1, 0.15) is 17.5 Å². The topological polar surface area (TPSA) is 105 Å². The van der Waals surface area contributed by atoms with Gasteiger partial charge >= 0.3 is 0 Å². The minimum absolute atomic E-state index is 0.0132. The van der Waals surface area contributed by atoms with Gasteiger partial charge < -0.3 is 28.5 Å². The lowest BCUT2D eigenvalue weighted by molar-refractivity contribution is 0.0658. The number of nitrogens with zero attached hydrogens (tertiary/aromatic N) is 5. The van der Waals surface area contributed by atoms with Crippen LogP contribution < -0.4 is 14.6 Å². The van der Waals surface area contributed by atoms with Gasteiger partial charge in [-0.2, -0.15) is 5.26 Å². The highest BCUT2D eigenvalue weighted by molar-refractivity contribution is 6.74. The number of benzene rings is 3. The normalized spacial score (nSPS) is 15.3. The van der Waals surface area contributed by atoms with E-state index in [1.165, 1.54) is 16.7 Å². The molecule has 2 aliphatic heterocycles. The van der Waals surface area contributed by atoms with Gasteiger partial charge in [-0.1, -0.05) is 45.0 Å². The standard InChI is InChI=1S/C48H58N6O4Si/c1-31-23-34-13-11-12-14-36(34)30-53(31)46(55)43-25-37-29-50-20-19-35(37)24-42(43)45-27-41(32(2)51(45)7)47(56)54(44-26-39(28-49)52(33(44)3)21-22-57-8)38-15-17-40(18-16-38)58-59(9,10)48(4,5)6/h11-18,24-27,31,50H,19-23,29-30H2,1-10H3/t31-/m1/s1. The number of aromatic nitrogens is 2. The molecule has 0 bridgehead atoms. The first-order valence-electron chi connectivity index (χ1n) is 20.7. The zero-order valence-electron chi connectivity index (χ0n) is 36.3. The third-order valence-electron chi connectivity index (χ3n) is 13.0. The smallest absolute Gasteiger partial charge is 0.264 e. The van der Waals surface area contributed by atoms with Crippen molar-refractivity contribution in [2.75, 3.05) is 25.2 Å². The Balaban J connectivity index is 1.33. The molecule has 4 heterocycles. The van der Waals surface area contributed by atoms with E-state index in [9.17, 15) is 10.1 Å². The number of amides is 2. The third-order valence-corrected chi connectivity index (χ3v) is 17.3. The Morgan fingerprint density at radius 1 is 0.949 bits per heavy atom. The average molecular weight is 811 g/mol. The summed E-state index contributed by atoms with van der Waals surface area (Å²) in [6.07, 6.45) is 1.65. The number of nitrogens with one attached hydrogen (secondary N) is 1. The highest BCUT2D eigenvalue weighted by Gasteiger charge is 2.39. The third kappa shape index (κ3) is 7.89. The largest absolute Gasteiger partial charge is 0.544 e. The molecule has 2 aromatic heterocycles. The predicted molar refractivity (Wildman–Crippen MR) is 237 cm³/mol. The molecule has 7 rings (SSSR count). The van der Waals surface area contributed by atoms with Crippen molar-refractivity contribution in [2.24, 2.45) is 7.05 Å². The van der Waals surface area contributed by atoms with Crippen molar-refractivity contribution in [3.63, 3.8) is 0 Å². The van der Waals surface area contributed by atoms with Crippen LogP contribution in [0.25, 0.3) is 11.3 Å². The molecule has 0 aliphatic carbocycles. The second kappa shape index (κ2) is 16.3. The molecule has 0 saturated carbocycles. The highest BCUT2D eigenvalue weighted by atomic mass is 28.4. The van der Waals surface area contributed by atoms with Gasteiger partial charge in [0.15, 0.2) is 0 Å². The second-order valence-corrected chi connectivity index (χ2v) is 22.4. The monoisotopic (exact) mass is 810 g/mol. The fourth-order valence-corrected chi connectivity index (χ4v) is 9.25. The summed E-state index contributed by atoms with van der Waals surface area (Å²) in [6.45, 7) is 20.1. The maximum absolute atomic E-state index is 15.3. The summed E-state index contributed by atoms with van der Waals surface area (Å²) >= 11 is 0. The van der Waals surface area contributed by atoms with Crippen LogP contribution in [0.1, 0.15) is 87.7 Å². The molecule has 59 heavy (non-hydrogen) atoms. The van der Waals surface area contributed by atoms with Crippen LogP contribution in [0.5, 0.6) is 5.75 Å². The number of carbonyl (C=O) groups is 2. The summed E-state index contributed by atoms with van der Waals surface area (Å²) in [5, 5.41) is 13.7. The number of nitriles is 1. The lowest BCUT2D eigenvalue weighted by Crippen LogP contribution is -2.43. The molecule has 308 valence electrons.